The van der Waals surface area contributed by atoms with Gasteiger partial charge in [0.2, 0.25) is 5.91 Å². The Morgan fingerprint density at radius 2 is 2.00 bits per heavy atom. The van der Waals surface area contributed by atoms with Crippen LogP contribution >= 0.6 is 11.8 Å². The molecule has 0 spiro atoms. The Labute approximate surface area is 110 Å². The van der Waals surface area contributed by atoms with Crippen LogP contribution < -0.4 is 5.73 Å². The van der Waals surface area contributed by atoms with Crippen molar-refractivity contribution in [1.82, 2.24) is 0 Å². The molecule has 1 heterocycles. The van der Waals surface area contributed by atoms with E-state index >= 15 is 0 Å². The van der Waals surface area contributed by atoms with Gasteiger partial charge in [0.15, 0.2) is 5.78 Å². The fourth-order valence-corrected chi connectivity index (χ4v) is 2.76. The maximum atomic E-state index is 12.1. The van der Waals surface area contributed by atoms with Gasteiger partial charge in [-0.1, -0.05) is 36.4 Å². The summed E-state index contributed by atoms with van der Waals surface area (Å²) in [4.78, 5) is 23.2. The van der Waals surface area contributed by atoms with Gasteiger partial charge in [0.05, 0.1) is 11.2 Å². The fraction of sp³-hybridized carbons (Fsp3) is 0.286. The molecule has 1 aromatic rings. The lowest BCUT2D eigenvalue weighted by atomic mass is 9.98. The zero-order chi connectivity index (χ0) is 13.1. The SMILES string of the molecule is CC(C(N)=O)c1ccc(C(=O)C2C=CCS2)cc1. The van der Waals surface area contributed by atoms with E-state index in [1.807, 2.05) is 12.2 Å². The van der Waals surface area contributed by atoms with Crippen molar-refractivity contribution in [3.63, 3.8) is 0 Å². The zero-order valence-electron chi connectivity index (χ0n) is 10.1. The van der Waals surface area contributed by atoms with Crippen LogP contribution in [0.15, 0.2) is 36.4 Å². The molecule has 1 amide bonds. The fourth-order valence-electron chi connectivity index (χ4n) is 1.82. The van der Waals surface area contributed by atoms with Crippen LogP contribution in [-0.2, 0) is 4.79 Å². The first-order valence-corrected chi connectivity index (χ1v) is 6.86. The van der Waals surface area contributed by atoms with Crippen molar-refractivity contribution < 1.29 is 9.59 Å². The van der Waals surface area contributed by atoms with Gasteiger partial charge in [0, 0.05) is 11.3 Å². The highest BCUT2D eigenvalue weighted by molar-refractivity contribution is 8.01. The Hall–Kier alpha value is -1.55. The van der Waals surface area contributed by atoms with Crippen LogP contribution in [0, 0.1) is 0 Å². The van der Waals surface area contributed by atoms with Crippen LogP contribution in [0.2, 0.25) is 0 Å². The molecule has 94 valence electrons. The molecule has 0 aromatic heterocycles. The molecule has 0 aliphatic carbocycles. The number of hydrogen-bond donors (Lipinski definition) is 1. The molecule has 18 heavy (non-hydrogen) atoms. The van der Waals surface area contributed by atoms with Gasteiger partial charge in [-0.15, -0.1) is 11.8 Å². The molecule has 1 aliphatic rings. The summed E-state index contributed by atoms with van der Waals surface area (Å²) in [6, 6.07) is 7.13. The molecular weight excluding hydrogens is 246 g/mol. The Bertz CT molecular complexity index is 493. The molecule has 4 heteroatoms. The third-order valence-electron chi connectivity index (χ3n) is 3.06. The van der Waals surface area contributed by atoms with Crippen molar-refractivity contribution in [1.29, 1.82) is 0 Å². The predicted molar refractivity (Wildman–Crippen MR) is 73.8 cm³/mol. The number of nitrogens with two attached hydrogens (primary N) is 1. The van der Waals surface area contributed by atoms with Crippen LogP contribution in [0.1, 0.15) is 28.8 Å². The van der Waals surface area contributed by atoms with E-state index in [0.717, 1.165) is 11.3 Å². The van der Waals surface area contributed by atoms with E-state index in [1.54, 1.807) is 43.0 Å². The van der Waals surface area contributed by atoms with Crippen molar-refractivity contribution in [3.05, 3.63) is 47.5 Å². The first kappa shape index (κ1) is 12.9. The smallest absolute Gasteiger partial charge is 0.224 e. The van der Waals surface area contributed by atoms with Crippen molar-refractivity contribution in [2.75, 3.05) is 5.75 Å². The first-order valence-electron chi connectivity index (χ1n) is 5.81. The van der Waals surface area contributed by atoms with Gasteiger partial charge in [0.25, 0.3) is 0 Å². The van der Waals surface area contributed by atoms with Crippen LogP contribution in [0.5, 0.6) is 0 Å². The molecule has 2 atom stereocenters. The number of rotatable bonds is 4. The minimum absolute atomic E-state index is 0.0654. The highest BCUT2D eigenvalue weighted by Crippen LogP contribution is 2.24. The molecule has 3 nitrogen and oxygen atoms in total. The van der Waals surface area contributed by atoms with E-state index in [1.165, 1.54) is 0 Å². The van der Waals surface area contributed by atoms with Crippen LogP contribution in [0.4, 0.5) is 0 Å². The second-order valence-electron chi connectivity index (χ2n) is 4.29. The Morgan fingerprint density at radius 3 is 2.50 bits per heavy atom. The average Bonchev–Trinajstić information content (AvgIpc) is 2.91. The monoisotopic (exact) mass is 261 g/mol. The third-order valence-corrected chi connectivity index (χ3v) is 4.18. The van der Waals surface area contributed by atoms with Gasteiger partial charge in [-0.2, -0.15) is 0 Å². The lowest BCUT2D eigenvalue weighted by Gasteiger charge is -2.10. The molecule has 2 rings (SSSR count). The van der Waals surface area contributed by atoms with Gasteiger partial charge in [-0.3, -0.25) is 9.59 Å². The minimum atomic E-state index is -0.358. The van der Waals surface area contributed by atoms with Crippen LogP contribution in [0.3, 0.4) is 0 Å². The second kappa shape index (κ2) is 5.40. The first-order chi connectivity index (χ1) is 8.59. The summed E-state index contributed by atoms with van der Waals surface area (Å²) in [5.41, 5.74) is 6.77. The maximum Gasteiger partial charge on any atom is 0.224 e. The van der Waals surface area contributed by atoms with Gasteiger partial charge < -0.3 is 5.73 Å². The van der Waals surface area contributed by atoms with Gasteiger partial charge >= 0.3 is 0 Å². The van der Waals surface area contributed by atoms with Gasteiger partial charge in [-0.25, -0.2) is 0 Å². The molecule has 0 bridgehead atoms. The largest absolute Gasteiger partial charge is 0.369 e. The molecule has 1 aliphatic heterocycles. The highest BCUT2D eigenvalue weighted by atomic mass is 32.2. The summed E-state index contributed by atoms with van der Waals surface area (Å²) in [7, 11) is 0. The lowest BCUT2D eigenvalue weighted by Crippen LogP contribution is -2.19. The number of benzene rings is 1. The summed E-state index contributed by atoms with van der Waals surface area (Å²) in [6.07, 6.45) is 3.95. The zero-order valence-corrected chi connectivity index (χ0v) is 10.9. The maximum absolute atomic E-state index is 12.1. The van der Waals surface area contributed by atoms with Gasteiger partial charge in [0.1, 0.15) is 0 Å². The molecular formula is C14H15NO2S. The van der Waals surface area contributed by atoms with Crippen molar-refractivity contribution >= 4 is 23.5 Å². The quantitative estimate of drug-likeness (QED) is 0.667. The average molecular weight is 261 g/mol. The number of amides is 1. The molecule has 0 fully saturated rings. The molecule has 2 unspecified atom stereocenters. The highest BCUT2D eigenvalue weighted by Gasteiger charge is 2.20. The van der Waals surface area contributed by atoms with Crippen LogP contribution in [-0.4, -0.2) is 22.7 Å². The van der Waals surface area contributed by atoms with Gasteiger partial charge in [-0.05, 0) is 12.5 Å². The normalized spacial score (nSPS) is 19.7. The van der Waals surface area contributed by atoms with Crippen LogP contribution in [0.25, 0.3) is 0 Å². The van der Waals surface area contributed by atoms with E-state index in [4.69, 9.17) is 5.73 Å². The van der Waals surface area contributed by atoms with E-state index in [2.05, 4.69) is 0 Å². The topological polar surface area (TPSA) is 60.2 Å². The number of primary amides is 1. The number of thioether (sulfide) groups is 1. The summed E-state index contributed by atoms with van der Waals surface area (Å²) in [5.74, 6) is 0.331. The Morgan fingerprint density at radius 1 is 1.33 bits per heavy atom. The summed E-state index contributed by atoms with van der Waals surface area (Å²) < 4.78 is 0. The van der Waals surface area contributed by atoms with E-state index in [9.17, 15) is 9.59 Å². The standard InChI is InChI=1S/C14H15NO2S/c1-9(14(15)17)10-4-6-11(7-5-10)13(16)12-3-2-8-18-12/h2-7,9,12H,8H2,1H3,(H2,15,17). The molecule has 1 aromatic carbocycles. The Balaban J connectivity index is 2.14. The number of carbonyl (C=O) groups excluding carboxylic acids is 2. The van der Waals surface area contributed by atoms with E-state index in [0.29, 0.717) is 5.56 Å². The number of carbonyl (C=O) groups is 2. The third kappa shape index (κ3) is 2.64. The number of Topliss-reactive ketones (excluding diaryl/α,β-unsaturated/α-hetero) is 1. The predicted octanol–water partition coefficient (Wildman–Crippen LogP) is 2.13. The molecule has 0 radical (unpaired) electrons. The Kier molecular flexibility index (Phi) is 3.87. The molecule has 2 N–H and O–H groups in total. The number of hydrogen-bond acceptors (Lipinski definition) is 3. The van der Waals surface area contributed by atoms with Crippen molar-refractivity contribution in [2.24, 2.45) is 5.73 Å². The summed E-state index contributed by atoms with van der Waals surface area (Å²) in [5, 5.41) is -0.0654. The van der Waals surface area contributed by atoms with E-state index < -0.39 is 0 Å². The summed E-state index contributed by atoms with van der Waals surface area (Å²) >= 11 is 1.63. The number of ketones is 1. The molecule has 0 saturated heterocycles. The van der Waals surface area contributed by atoms with Crippen molar-refractivity contribution in [3.8, 4) is 0 Å². The summed E-state index contributed by atoms with van der Waals surface area (Å²) in [6.45, 7) is 1.76. The minimum Gasteiger partial charge on any atom is -0.369 e. The lowest BCUT2D eigenvalue weighted by molar-refractivity contribution is -0.119. The molecule has 0 saturated carbocycles. The van der Waals surface area contributed by atoms with Crippen molar-refractivity contribution in [2.45, 2.75) is 18.1 Å². The van der Waals surface area contributed by atoms with E-state index in [-0.39, 0.29) is 22.9 Å². The second-order valence-corrected chi connectivity index (χ2v) is 5.47.